The second kappa shape index (κ2) is 6.37. The average Bonchev–Trinajstić information content (AvgIpc) is 2.99. The summed E-state index contributed by atoms with van der Waals surface area (Å²) in [6.45, 7) is 6.18. The smallest absolute Gasteiger partial charge is 0.269 e. The maximum Gasteiger partial charge on any atom is 0.269 e. The van der Waals surface area contributed by atoms with E-state index in [0.29, 0.717) is 11.6 Å². The molecule has 26 heavy (non-hydrogen) atoms. The fourth-order valence-corrected chi connectivity index (χ4v) is 4.86. The quantitative estimate of drug-likeness (QED) is 0.638. The molecule has 8 heteroatoms. The Morgan fingerprint density at radius 1 is 1.35 bits per heavy atom. The molecule has 0 saturated heterocycles. The van der Waals surface area contributed by atoms with E-state index in [9.17, 15) is 14.9 Å². The zero-order chi connectivity index (χ0) is 18.4. The molecule has 0 bridgehead atoms. The lowest BCUT2D eigenvalue weighted by Crippen LogP contribution is -2.39. The summed E-state index contributed by atoms with van der Waals surface area (Å²) in [6, 6.07) is 6.84. The molecule has 2 aliphatic heterocycles. The molecule has 7 nitrogen and oxygen atoms in total. The second-order valence-corrected chi connectivity index (χ2v) is 8.03. The van der Waals surface area contributed by atoms with Gasteiger partial charge in [0.1, 0.15) is 11.2 Å². The zero-order valence-corrected chi connectivity index (χ0v) is 15.4. The summed E-state index contributed by atoms with van der Waals surface area (Å²) in [6.07, 6.45) is 0.409. The monoisotopic (exact) mass is 372 g/mol. The first-order valence-electron chi connectivity index (χ1n) is 8.64. The second-order valence-electron chi connectivity index (χ2n) is 6.93. The minimum Gasteiger partial charge on any atom is -0.353 e. The highest BCUT2D eigenvalue weighted by Crippen LogP contribution is 2.41. The first-order valence-corrected chi connectivity index (χ1v) is 9.46. The molecule has 0 unspecified atom stereocenters. The molecular weight excluding hydrogens is 352 g/mol. The molecule has 4 rings (SSSR count). The molecule has 0 fully saturated rings. The normalized spacial score (nSPS) is 19.5. The van der Waals surface area contributed by atoms with Gasteiger partial charge < -0.3 is 10.6 Å². The number of non-ortho nitro benzene ring substituents is 1. The molecule has 0 radical (unpaired) electrons. The Morgan fingerprint density at radius 2 is 2.15 bits per heavy atom. The minimum absolute atomic E-state index is 0.0161. The molecule has 2 aliphatic rings. The third-order valence-corrected chi connectivity index (χ3v) is 6.16. The van der Waals surface area contributed by atoms with Crippen LogP contribution in [0.5, 0.6) is 0 Å². The number of fused-ring (bicyclic) bond motifs is 3. The van der Waals surface area contributed by atoms with Gasteiger partial charge in [-0.25, -0.2) is 0 Å². The van der Waals surface area contributed by atoms with E-state index in [1.54, 1.807) is 23.5 Å². The van der Waals surface area contributed by atoms with Crippen LogP contribution in [0.25, 0.3) is 0 Å². The van der Waals surface area contributed by atoms with Gasteiger partial charge in [-0.1, -0.05) is 12.1 Å². The molecule has 136 valence electrons. The van der Waals surface area contributed by atoms with Gasteiger partial charge in [-0.05, 0) is 25.8 Å². The molecule has 1 amide bonds. The largest absolute Gasteiger partial charge is 0.353 e. The SMILES string of the molecule is CC(C)N1CCc2c(sc3c2C(=O)N[C@H](c2cccc([N+](=O)[O-])c2)N3)C1. The molecule has 1 aromatic carbocycles. The van der Waals surface area contributed by atoms with E-state index < -0.39 is 11.1 Å². The average molecular weight is 372 g/mol. The number of nitro groups is 1. The molecule has 3 heterocycles. The maximum atomic E-state index is 12.7. The summed E-state index contributed by atoms with van der Waals surface area (Å²) >= 11 is 1.62. The number of anilines is 1. The molecule has 2 aromatic rings. The van der Waals surface area contributed by atoms with Crippen molar-refractivity contribution in [3.05, 3.63) is 55.9 Å². The van der Waals surface area contributed by atoms with Gasteiger partial charge in [-0.3, -0.25) is 19.8 Å². The summed E-state index contributed by atoms with van der Waals surface area (Å²) in [5, 5.41) is 18.2. The van der Waals surface area contributed by atoms with Crippen LogP contribution in [0.3, 0.4) is 0 Å². The Morgan fingerprint density at radius 3 is 2.88 bits per heavy atom. The maximum absolute atomic E-state index is 12.7. The Labute approximate surface area is 155 Å². The molecule has 0 spiro atoms. The first kappa shape index (κ1) is 17.0. The third kappa shape index (κ3) is 2.85. The van der Waals surface area contributed by atoms with Crippen molar-refractivity contribution >= 4 is 27.9 Å². The van der Waals surface area contributed by atoms with E-state index in [4.69, 9.17) is 0 Å². The topological polar surface area (TPSA) is 87.5 Å². The van der Waals surface area contributed by atoms with E-state index in [1.165, 1.54) is 17.0 Å². The van der Waals surface area contributed by atoms with Crippen LogP contribution in [0.1, 0.15) is 46.4 Å². The Bertz CT molecular complexity index is 893. The lowest BCUT2D eigenvalue weighted by atomic mass is 9.99. The van der Waals surface area contributed by atoms with Gasteiger partial charge in [-0.2, -0.15) is 0 Å². The highest BCUT2D eigenvalue weighted by molar-refractivity contribution is 7.16. The van der Waals surface area contributed by atoms with E-state index in [1.807, 2.05) is 0 Å². The van der Waals surface area contributed by atoms with Crippen LogP contribution in [-0.4, -0.2) is 28.3 Å². The molecule has 1 aromatic heterocycles. The van der Waals surface area contributed by atoms with Crippen molar-refractivity contribution in [3.8, 4) is 0 Å². The zero-order valence-electron chi connectivity index (χ0n) is 14.6. The number of nitrogens with one attached hydrogen (secondary N) is 2. The summed E-state index contributed by atoms with van der Waals surface area (Å²) in [4.78, 5) is 27.0. The van der Waals surface area contributed by atoms with Crippen LogP contribution in [0.4, 0.5) is 10.7 Å². The Hall–Kier alpha value is -2.45. The number of nitro benzene ring substituents is 1. The van der Waals surface area contributed by atoms with E-state index in [0.717, 1.165) is 35.6 Å². The van der Waals surface area contributed by atoms with E-state index >= 15 is 0 Å². The predicted molar refractivity (Wildman–Crippen MR) is 100 cm³/mol. The molecular formula is C18H20N4O3S. The van der Waals surface area contributed by atoms with Gasteiger partial charge in [0, 0.05) is 41.7 Å². The fourth-order valence-electron chi connectivity index (χ4n) is 3.56. The van der Waals surface area contributed by atoms with Gasteiger partial charge in [0.2, 0.25) is 0 Å². The molecule has 0 aliphatic carbocycles. The van der Waals surface area contributed by atoms with Crippen molar-refractivity contribution < 1.29 is 9.72 Å². The van der Waals surface area contributed by atoms with Crippen molar-refractivity contribution in [1.82, 2.24) is 10.2 Å². The number of amides is 1. The Kier molecular flexibility index (Phi) is 4.16. The minimum atomic E-state index is -0.462. The van der Waals surface area contributed by atoms with Crippen molar-refractivity contribution in [2.24, 2.45) is 0 Å². The van der Waals surface area contributed by atoms with Crippen LogP contribution in [0.15, 0.2) is 24.3 Å². The van der Waals surface area contributed by atoms with Crippen LogP contribution in [-0.2, 0) is 13.0 Å². The summed E-state index contributed by atoms with van der Waals surface area (Å²) in [5.41, 5.74) is 2.58. The number of hydrogen-bond donors (Lipinski definition) is 2. The highest BCUT2D eigenvalue weighted by Gasteiger charge is 2.34. The predicted octanol–water partition coefficient (Wildman–Crippen LogP) is 3.28. The van der Waals surface area contributed by atoms with Gasteiger partial charge in [0.15, 0.2) is 0 Å². The molecule has 0 saturated carbocycles. The van der Waals surface area contributed by atoms with Gasteiger partial charge >= 0.3 is 0 Å². The molecule has 1 atom stereocenters. The molecule has 2 N–H and O–H groups in total. The standard InChI is InChI=1S/C18H20N4O3S/c1-10(2)21-7-6-13-14(9-21)26-18-15(13)17(23)19-16(20-18)11-4-3-5-12(8-11)22(24)25/h3-5,8,10,16,20H,6-7,9H2,1-2H3,(H,19,23)/t16-/m0/s1. The van der Waals surface area contributed by atoms with Crippen LogP contribution in [0.2, 0.25) is 0 Å². The van der Waals surface area contributed by atoms with Gasteiger partial charge in [-0.15, -0.1) is 11.3 Å². The lowest BCUT2D eigenvalue weighted by molar-refractivity contribution is -0.384. The van der Waals surface area contributed by atoms with Gasteiger partial charge in [0.25, 0.3) is 11.6 Å². The fraction of sp³-hybridized carbons (Fsp3) is 0.389. The van der Waals surface area contributed by atoms with Crippen LogP contribution >= 0.6 is 11.3 Å². The van der Waals surface area contributed by atoms with Crippen molar-refractivity contribution in [3.63, 3.8) is 0 Å². The number of carbonyl (C=O) groups excluding carboxylic acids is 1. The first-order chi connectivity index (χ1) is 12.4. The van der Waals surface area contributed by atoms with Crippen LogP contribution in [0, 0.1) is 10.1 Å². The third-order valence-electron chi connectivity index (χ3n) is 5.01. The number of thiophene rings is 1. The van der Waals surface area contributed by atoms with Crippen LogP contribution < -0.4 is 10.6 Å². The number of carbonyl (C=O) groups is 1. The lowest BCUT2D eigenvalue weighted by Gasteiger charge is -2.30. The number of nitrogens with zero attached hydrogens (tertiary/aromatic N) is 2. The van der Waals surface area contributed by atoms with Crippen molar-refractivity contribution in [2.45, 2.75) is 39.0 Å². The Balaban J connectivity index is 1.65. The van der Waals surface area contributed by atoms with E-state index in [-0.39, 0.29) is 11.6 Å². The highest BCUT2D eigenvalue weighted by atomic mass is 32.1. The number of hydrogen-bond acceptors (Lipinski definition) is 6. The summed E-state index contributed by atoms with van der Waals surface area (Å²) < 4.78 is 0. The number of benzene rings is 1. The van der Waals surface area contributed by atoms with Gasteiger partial charge in [0.05, 0.1) is 10.5 Å². The summed E-state index contributed by atoms with van der Waals surface area (Å²) in [7, 11) is 0. The van der Waals surface area contributed by atoms with Crippen molar-refractivity contribution in [2.75, 3.05) is 11.9 Å². The summed E-state index contributed by atoms with van der Waals surface area (Å²) in [5.74, 6) is -0.106. The number of rotatable bonds is 3. The van der Waals surface area contributed by atoms with Crippen molar-refractivity contribution in [1.29, 1.82) is 0 Å². The van der Waals surface area contributed by atoms with E-state index in [2.05, 4.69) is 29.4 Å².